The van der Waals surface area contributed by atoms with Crippen LogP contribution >= 0.6 is 11.6 Å². The Balaban J connectivity index is 1.83. The van der Waals surface area contributed by atoms with Gasteiger partial charge in [0.25, 0.3) is 5.91 Å². The number of carbonyl (C=O) groups excluding carboxylic acids is 1. The summed E-state index contributed by atoms with van der Waals surface area (Å²) in [6, 6.07) is 6.54. The number of sulfonamides is 1. The molecule has 1 amide bonds. The zero-order chi connectivity index (χ0) is 16.2. The Morgan fingerprint density at radius 1 is 1.27 bits per heavy atom. The first-order valence-electron chi connectivity index (χ1n) is 7.08. The summed E-state index contributed by atoms with van der Waals surface area (Å²) in [5.41, 5.74) is 0.421. The van der Waals surface area contributed by atoms with Gasteiger partial charge in [0.05, 0.1) is 5.75 Å². The van der Waals surface area contributed by atoms with E-state index in [-0.39, 0.29) is 18.2 Å². The highest BCUT2D eigenvalue weighted by Gasteiger charge is 2.25. The van der Waals surface area contributed by atoms with E-state index < -0.39 is 10.0 Å². The summed E-state index contributed by atoms with van der Waals surface area (Å²) in [6.07, 6.45) is 0. The van der Waals surface area contributed by atoms with Gasteiger partial charge in [0, 0.05) is 43.3 Å². The number of likely N-dealkylation sites (N-methyl/N-ethyl adjacent to an activating group) is 1. The number of carbonyl (C=O) groups is 1. The molecule has 0 spiro atoms. The van der Waals surface area contributed by atoms with E-state index in [1.165, 1.54) is 4.31 Å². The Hall–Kier alpha value is -1.15. The fourth-order valence-electron chi connectivity index (χ4n) is 2.22. The molecule has 0 aliphatic carbocycles. The Kier molecular flexibility index (Phi) is 5.80. The van der Waals surface area contributed by atoms with E-state index in [4.69, 9.17) is 11.6 Å². The third-order valence-corrected chi connectivity index (χ3v) is 5.70. The van der Waals surface area contributed by atoms with Crippen LogP contribution in [0.2, 0.25) is 5.02 Å². The molecule has 1 saturated heterocycles. The van der Waals surface area contributed by atoms with Crippen LogP contribution in [0.1, 0.15) is 10.4 Å². The lowest BCUT2D eigenvalue weighted by Gasteiger charge is -2.31. The lowest BCUT2D eigenvalue weighted by molar-refractivity contribution is 0.0956. The Labute approximate surface area is 136 Å². The summed E-state index contributed by atoms with van der Waals surface area (Å²) < 4.78 is 25.9. The van der Waals surface area contributed by atoms with Crippen LogP contribution in [-0.4, -0.2) is 69.1 Å². The summed E-state index contributed by atoms with van der Waals surface area (Å²) in [4.78, 5) is 14.0. The van der Waals surface area contributed by atoms with Crippen molar-refractivity contribution in [2.75, 3.05) is 45.5 Å². The second-order valence-corrected chi connectivity index (χ2v) is 7.81. The third kappa shape index (κ3) is 4.67. The van der Waals surface area contributed by atoms with Gasteiger partial charge in [0.1, 0.15) is 0 Å². The maximum atomic E-state index is 12.2. The van der Waals surface area contributed by atoms with Crippen molar-refractivity contribution >= 4 is 27.5 Å². The Morgan fingerprint density at radius 2 is 1.95 bits per heavy atom. The van der Waals surface area contributed by atoms with Crippen molar-refractivity contribution in [1.82, 2.24) is 14.5 Å². The molecule has 0 atom stereocenters. The van der Waals surface area contributed by atoms with Crippen LogP contribution in [0, 0.1) is 0 Å². The number of hydrogen-bond acceptors (Lipinski definition) is 4. The second kappa shape index (κ2) is 7.41. The molecule has 8 heteroatoms. The summed E-state index contributed by atoms with van der Waals surface area (Å²) in [5.74, 6) is -0.417. The molecule has 0 unspecified atom stereocenters. The first kappa shape index (κ1) is 17.2. The molecule has 1 fully saturated rings. The maximum Gasteiger partial charge on any atom is 0.251 e. The number of hydrogen-bond donors (Lipinski definition) is 1. The summed E-state index contributed by atoms with van der Waals surface area (Å²) >= 11 is 5.82. The molecule has 22 heavy (non-hydrogen) atoms. The van der Waals surface area contributed by atoms with Gasteiger partial charge in [-0.3, -0.25) is 4.79 Å². The van der Waals surface area contributed by atoms with Crippen molar-refractivity contribution in [3.63, 3.8) is 0 Å². The van der Waals surface area contributed by atoms with Gasteiger partial charge in [-0.15, -0.1) is 0 Å². The zero-order valence-electron chi connectivity index (χ0n) is 12.5. The van der Waals surface area contributed by atoms with Crippen molar-refractivity contribution in [2.24, 2.45) is 0 Å². The molecule has 1 aliphatic heterocycles. The van der Waals surface area contributed by atoms with E-state index in [0.29, 0.717) is 23.7 Å². The summed E-state index contributed by atoms with van der Waals surface area (Å²) in [7, 11) is -1.36. The van der Waals surface area contributed by atoms with Gasteiger partial charge in [-0.2, -0.15) is 4.31 Å². The van der Waals surface area contributed by atoms with E-state index >= 15 is 0 Å². The van der Waals surface area contributed by atoms with Crippen molar-refractivity contribution in [2.45, 2.75) is 0 Å². The zero-order valence-corrected chi connectivity index (χ0v) is 14.0. The molecular weight excluding hydrogens is 326 g/mol. The molecule has 1 aliphatic rings. The first-order valence-corrected chi connectivity index (χ1v) is 9.07. The molecule has 1 aromatic carbocycles. The molecule has 0 bridgehead atoms. The predicted octanol–water partition coefficient (Wildman–Crippen LogP) is 0.647. The highest BCUT2D eigenvalue weighted by Crippen LogP contribution is 2.10. The SMILES string of the molecule is CN1CCN(S(=O)(=O)CCNC(=O)c2cccc(Cl)c2)CC1. The van der Waals surface area contributed by atoms with Crippen molar-refractivity contribution in [1.29, 1.82) is 0 Å². The van der Waals surface area contributed by atoms with E-state index in [1.54, 1.807) is 24.3 Å². The third-order valence-electron chi connectivity index (χ3n) is 3.59. The first-order chi connectivity index (χ1) is 10.4. The minimum Gasteiger partial charge on any atom is -0.351 e. The molecule has 6 nitrogen and oxygen atoms in total. The highest BCUT2D eigenvalue weighted by atomic mass is 35.5. The van der Waals surface area contributed by atoms with Gasteiger partial charge in [0.2, 0.25) is 10.0 Å². The molecule has 2 rings (SSSR count). The standard InChI is InChI=1S/C14H20ClN3O3S/c1-17-6-8-18(9-7-17)22(20,21)10-5-16-14(19)12-3-2-4-13(15)11-12/h2-4,11H,5-10H2,1H3,(H,16,19). The minimum absolute atomic E-state index is 0.0834. The predicted molar refractivity (Wildman–Crippen MR) is 86.6 cm³/mol. The van der Waals surface area contributed by atoms with Crippen molar-refractivity contribution in [3.8, 4) is 0 Å². The van der Waals surface area contributed by atoms with Crippen molar-refractivity contribution < 1.29 is 13.2 Å². The largest absolute Gasteiger partial charge is 0.351 e. The molecule has 0 aromatic heterocycles. The van der Waals surface area contributed by atoms with E-state index in [9.17, 15) is 13.2 Å². The molecule has 0 saturated carbocycles. The monoisotopic (exact) mass is 345 g/mol. The number of halogens is 1. The number of benzene rings is 1. The quantitative estimate of drug-likeness (QED) is 0.850. The Morgan fingerprint density at radius 3 is 2.59 bits per heavy atom. The number of nitrogens with zero attached hydrogens (tertiary/aromatic N) is 2. The second-order valence-electron chi connectivity index (χ2n) is 5.28. The average Bonchev–Trinajstić information content (AvgIpc) is 2.47. The molecule has 122 valence electrons. The summed E-state index contributed by atoms with van der Waals surface area (Å²) in [6.45, 7) is 2.55. The Bertz CT molecular complexity index is 628. The van der Waals surface area contributed by atoms with Crippen LogP contribution < -0.4 is 5.32 Å². The number of piperazine rings is 1. The van der Waals surface area contributed by atoms with Crippen molar-refractivity contribution in [3.05, 3.63) is 34.9 Å². The van der Waals surface area contributed by atoms with Gasteiger partial charge in [-0.1, -0.05) is 17.7 Å². The van der Waals surface area contributed by atoms with Gasteiger partial charge in [0.15, 0.2) is 0 Å². The number of amides is 1. The molecule has 0 radical (unpaired) electrons. The van der Waals surface area contributed by atoms with Crippen LogP contribution in [-0.2, 0) is 10.0 Å². The van der Waals surface area contributed by atoms with E-state index in [1.807, 2.05) is 7.05 Å². The maximum absolute atomic E-state index is 12.2. The molecule has 1 aromatic rings. The lowest BCUT2D eigenvalue weighted by Crippen LogP contribution is -2.48. The van der Waals surface area contributed by atoms with Gasteiger partial charge < -0.3 is 10.2 Å². The molecule has 1 heterocycles. The van der Waals surface area contributed by atoms with Gasteiger partial charge >= 0.3 is 0 Å². The topological polar surface area (TPSA) is 69.7 Å². The number of rotatable bonds is 5. The fraction of sp³-hybridized carbons (Fsp3) is 0.500. The van der Waals surface area contributed by atoms with Crippen LogP contribution in [0.25, 0.3) is 0 Å². The van der Waals surface area contributed by atoms with Gasteiger partial charge in [-0.25, -0.2) is 8.42 Å². The lowest BCUT2D eigenvalue weighted by atomic mass is 10.2. The molecular formula is C14H20ClN3O3S. The summed E-state index contributed by atoms with van der Waals surface area (Å²) in [5, 5.41) is 3.09. The smallest absolute Gasteiger partial charge is 0.251 e. The van der Waals surface area contributed by atoms with Crippen LogP contribution in [0.15, 0.2) is 24.3 Å². The fourth-order valence-corrected chi connectivity index (χ4v) is 3.75. The van der Waals surface area contributed by atoms with Crippen LogP contribution in [0.5, 0.6) is 0 Å². The number of nitrogens with one attached hydrogen (secondary N) is 1. The molecule has 1 N–H and O–H groups in total. The highest BCUT2D eigenvalue weighted by molar-refractivity contribution is 7.89. The normalized spacial score (nSPS) is 17.4. The minimum atomic E-state index is -3.33. The van der Waals surface area contributed by atoms with Gasteiger partial charge in [-0.05, 0) is 25.2 Å². The van der Waals surface area contributed by atoms with E-state index in [0.717, 1.165) is 13.1 Å². The van der Waals surface area contributed by atoms with E-state index in [2.05, 4.69) is 10.2 Å². The van der Waals surface area contributed by atoms with Crippen LogP contribution in [0.3, 0.4) is 0 Å². The van der Waals surface area contributed by atoms with Crippen LogP contribution in [0.4, 0.5) is 0 Å². The average molecular weight is 346 g/mol.